The molecule has 0 aromatic heterocycles. The Morgan fingerprint density at radius 2 is 0.716 bits per heavy atom. The number of aryl methyl sites for hydroxylation is 1. The standard InChI is InChI=1S/C31H11Br2F30N3O/c1-8-2-9(20(34,25(43,44)45)26(46,47)48)3-12(23(37,38)39)17(8)64-66(19-13(24(40,41)42)4-10(6-15(19)33)21(35,27(49,50)51)28(52,53)54)65-18-14(32)5-11(7-16(18)67-31(61,62)63)22(36,29(55,56)57)30(58,59)60/h2-7,64-65H,1H3. The molecule has 0 atom stereocenters. The van der Waals surface area contributed by atoms with Gasteiger partial charge in [0.15, 0.2) is 5.75 Å². The zero-order valence-electron chi connectivity index (χ0n) is 30.4. The number of hydrogen-bond donors (Lipinski definition) is 2. The van der Waals surface area contributed by atoms with Gasteiger partial charge in [0.2, 0.25) is 0 Å². The van der Waals surface area contributed by atoms with Crippen molar-refractivity contribution in [1.29, 1.82) is 0 Å². The molecule has 0 spiro atoms. The third-order valence-corrected chi connectivity index (χ3v) is 9.73. The van der Waals surface area contributed by atoms with E-state index in [0.717, 1.165) is 10.9 Å². The molecule has 0 aliphatic heterocycles. The van der Waals surface area contributed by atoms with Crippen molar-refractivity contribution in [3.63, 3.8) is 0 Å². The first-order valence-corrected chi connectivity index (χ1v) is 17.4. The average Bonchev–Trinajstić information content (AvgIpc) is 3.07. The lowest BCUT2D eigenvalue weighted by Gasteiger charge is -2.36. The maximum atomic E-state index is 15.1. The van der Waals surface area contributed by atoms with E-state index in [2.05, 4.69) is 4.74 Å². The summed E-state index contributed by atoms with van der Waals surface area (Å²) < 4.78 is 418. The van der Waals surface area contributed by atoms with Crippen molar-refractivity contribution in [3.05, 3.63) is 78.7 Å². The molecule has 380 valence electrons. The molecule has 0 saturated heterocycles. The summed E-state index contributed by atoms with van der Waals surface area (Å²) in [5, 5.41) is -1.16. The quantitative estimate of drug-likeness (QED) is 0.165. The van der Waals surface area contributed by atoms with E-state index in [0.29, 0.717) is 0 Å². The monoisotopic (exact) mass is 1170 g/mol. The van der Waals surface area contributed by atoms with Gasteiger partial charge in [-0.2, -0.15) is 110 Å². The van der Waals surface area contributed by atoms with Gasteiger partial charge in [0.05, 0.1) is 16.8 Å². The van der Waals surface area contributed by atoms with Gasteiger partial charge in [0, 0.05) is 25.6 Å². The fraction of sp³-hybridized carbons (Fsp3) is 0.419. The lowest BCUT2D eigenvalue weighted by Crippen LogP contribution is -2.50. The Bertz CT molecular complexity index is 2270. The number of anilines is 3. The van der Waals surface area contributed by atoms with Crippen LogP contribution in [0.4, 0.5) is 149 Å². The number of hydrazine groups is 2. The zero-order chi connectivity index (χ0) is 52.9. The van der Waals surface area contributed by atoms with Crippen molar-refractivity contribution in [3.8, 4) is 5.75 Å². The largest absolute Gasteiger partial charge is 0.573 e. The Morgan fingerprint density at radius 1 is 0.403 bits per heavy atom. The van der Waals surface area contributed by atoms with Crippen LogP contribution >= 0.6 is 31.9 Å². The molecule has 0 amide bonds. The Balaban J connectivity index is 2.72. The number of nitrogens with zero attached hydrogens (tertiary/aromatic N) is 1. The first kappa shape index (κ1) is 57.0. The van der Waals surface area contributed by atoms with Gasteiger partial charge in [-0.25, -0.2) is 13.2 Å². The molecule has 4 nitrogen and oxygen atoms in total. The normalized spacial score (nSPS) is 14.6. The molecular formula is C31H11Br2F30N3O. The van der Waals surface area contributed by atoms with Crippen molar-refractivity contribution in [2.24, 2.45) is 0 Å². The van der Waals surface area contributed by atoms with Gasteiger partial charge in [-0.15, -0.1) is 13.2 Å². The molecule has 0 saturated carbocycles. The first-order chi connectivity index (χ1) is 29.3. The van der Waals surface area contributed by atoms with Gasteiger partial charge in [0.1, 0.15) is 11.4 Å². The smallest absolute Gasteiger partial charge is 0.403 e. The molecule has 0 radical (unpaired) electrons. The van der Waals surface area contributed by atoms with Crippen LogP contribution in [-0.2, 0) is 29.4 Å². The molecule has 0 aliphatic carbocycles. The molecule has 3 aromatic carbocycles. The summed E-state index contributed by atoms with van der Waals surface area (Å²) in [6, 6.07) is -6.53. The summed E-state index contributed by atoms with van der Waals surface area (Å²) >= 11 is 3.87. The maximum absolute atomic E-state index is 15.1. The zero-order valence-corrected chi connectivity index (χ0v) is 33.6. The van der Waals surface area contributed by atoms with E-state index in [1.165, 1.54) is 0 Å². The van der Waals surface area contributed by atoms with Crippen LogP contribution in [0.1, 0.15) is 33.4 Å². The topological polar surface area (TPSA) is 36.5 Å². The van der Waals surface area contributed by atoms with E-state index in [-0.39, 0.29) is 6.92 Å². The van der Waals surface area contributed by atoms with Gasteiger partial charge >= 0.3 is 72.8 Å². The number of halogens is 32. The highest BCUT2D eigenvalue weighted by molar-refractivity contribution is 9.11. The number of hydrogen-bond acceptors (Lipinski definition) is 4. The average molecular weight is 1170 g/mol. The van der Waals surface area contributed by atoms with E-state index in [4.69, 9.17) is 0 Å². The highest BCUT2D eigenvalue weighted by Crippen LogP contribution is 2.59. The van der Waals surface area contributed by atoms with Crippen molar-refractivity contribution in [2.45, 2.75) is 79.7 Å². The van der Waals surface area contributed by atoms with Crippen LogP contribution in [0.3, 0.4) is 0 Å². The molecule has 0 fully saturated rings. The molecular weight excluding hydrogens is 1160 g/mol. The van der Waals surface area contributed by atoms with E-state index in [9.17, 15) is 123 Å². The maximum Gasteiger partial charge on any atom is 0.573 e. The lowest BCUT2D eigenvalue weighted by atomic mass is 9.90. The molecule has 0 bridgehead atoms. The van der Waals surface area contributed by atoms with Crippen LogP contribution in [0.25, 0.3) is 0 Å². The molecule has 2 N–H and O–H groups in total. The predicted octanol–water partition coefficient (Wildman–Crippen LogP) is 16.2. The number of ether oxygens (including phenoxy) is 1. The summed E-state index contributed by atoms with van der Waals surface area (Å²) in [6.45, 7) is -0.0443. The Hall–Kier alpha value is -4.28. The fourth-order valence-electron chi connectivity index (χ4n) is 5.52. The second-order valence-corrected chi connectivity index (χ2v) is 14.7. The summed E-state index contributed by atoms with van der Waals surface area (Å²) in [4.78, 5) is 0. The van der Waals surface area contributed by atoms with Crippen LogP contribution < -0.4 is 20.7 Å². The lowest BCUT2D eigenvalue weighted by molar-refractivity contribution is -0.349. The highest BCUT2D eigenvalue weighted by atomic mass is 79.9. The van der Waals surface area contributed by atoms with Crippen molar-refractivity contribution in [1.82, 2.24) is 0 Å². The number of benzene rings is 3. The summed E-state index contributed by atoms with van der Waals surface area (Å²) in [6.07, 6.45) is -63.2. The van der Waals surface area contributed by atoms with Crippen LogP contribution in [-0.4, -0.2) is 43.4 Å². The van der Waals surface area contributed by atoms with E-state index >= 15 is 8.78 Å². The SMILES string of the molecule is Cc1cc(C(F)(C(F)(F)F)C(F)(F)F)cc(C(F)(F)F)c1NN(Nc1c(Br)cc(C(F)(C(F)(F)F)C(F)(F)F)cc1OC(F)(F)F)c1c(Br)cc(C(F)(C(F)(F)F)C(F)(F)F)cc1C(F)(F)F. The Kier molecular flexibility index (Phi) is 14.5. The molecule has 36 heteroatoms. The second-order valence-electron chi connectivity index (χ2n) is 13.0. The van der Waals surface area contributed by atoms with Crippen molar-refractivity contribution in [2.75, 3.05) is 16.0 Å². The fourth-order valence-corrected chi connectivity index (χ4v) is 6.69. The van der Waals surface area contributed by atoms with Gasteiger partial charge in [-0.1, -0.05) is 6.07 Å². The van der Waals surface area contributed by atoms with Gasteiger partial charge in [-0.3, -0.25) is 10.9 Å². The number of rotatable bonds is 9. The van der Waals surface area contributed by atoms with Gasteiger partial charge < -0.3 is 4.74 Å². The number of nitrogens with one attached hydrogen (secondary N) is 2. The van der Waals surface area contributed by atoms with Crippen molar-refractivity contribution < 1.29 is 136 Å². The van der Waals surface area contributed by atoms with Crippen molar-refractivity contribution >= 4 is 48.9 Å². The molecule has 0 unspecified atom stereocenters. The Labute approximate surface area is 365 Å². The van der Waals surface area contributed by atoms with Crippen LogP contribution in [0.5, 0.6) is 5.75 Å². The van der Waals surface area contributed by atoms with E-state index in [1.807, 2.05) is 31.9 Å². The van der Waals surface area contributed by atoms with Crippen LogP contribution in [0.2, 0.25) is 0 Å². The summed E-state index contributed by atoms with van der Waals surface area (Å²) in [7, 11) is 0. The van der Waals surface area contributed by atoms with Crippen LogP contribution in [0, 0.1) is 6.92 Å². The highest BCUT2D eigenvalue weighted by Gasteiger charge is 2.76. The predicted molar refractivity (Wildman–Crippen MR) is 171 cm³/mol. The molecule has 3 aromatic rings. The third kappa shape index (κ3) is 10.5. The van der Waals surface area contributed by atoms with Gasteiger partial charge in [-0.05, 0) is 74.7 Å². The second kappa shape index (κ2) is 17.0. The minimum absolute atomic E-state index is 0.0443. The third-order valence-electron chi connectivity index (χ3n) is 8.50. The molecule has 67 heavy (non-hydrogen) atoms. The Morgan fingerprint density at radius 3 is 1.06 bits per heavy atom. The summed E-state index contributed by atoms with van der Waals surface area (Å²) in [5.74, 6) is -2.74. The minimum atomic E-state index is -7.31. The van der Waals surface area contributed by atoms with E-state index in [1.54, 1.807) is 0 Å². The minimum Gasteiger partial charge on any atom is -0.403 e. The molecule has 0 heterocycles. The van der Waals surface area contributed by atoms with Gasteiger partial charge in [0.25, 0.3) is 0 Å². The van der Waals surface area contributed by atoms with Crippen LogP contribution in [0.15, 0.2) is 45.3 Å². The number of alkyl halides is 30. The summed E-state index contributed by atoms with van der Waals surface area (Å²) in [5.41, 5.74) is -42.9. The molecule has 3 rings (SSSR count). The van der Waals surface area contributed by atoms with E-state index < -0.39 is 179 Å². The molecule has 0 aliphatic rings. The first-order valence-electron chi connectivity index (χ1n) is 15.8.